The van der Waals surface area contributed by atoms with Crippen LogP contribution in [0, 0.1) is 15.9 Å². The number of nitrogens with zero attached hydrogens (tertiary/aromatic N) is 3. The second kappa shape index (κ2) is 5.49. The van der Waals surface area contributed by atoms with Gasteiger partial charge in [0.2, 0.25) is 5.82 Å². The van der Waals surface area contributed by atoms with E-state index in [4.69, 9.17) is 5.11 Å². The van der Waals surface area contributed by atoms with Crippen LogP contribution in [0.1, 0.15) is 28.8 Å². The minimum Gasteiger partial charge on any atom is -0.465 e. The monoisotopic (exact) mass is 323 g/mol. The lowest BCUT2D eigenvalue weighted by atomic mass is 10.0. The lowest BCUT2D eigenvalue weighted by Gasteiger charge is -2.35. The lowest BCUT2D eigenvalue weighted by Crippen LogP contribution is -2.46. The van der Waals surface area contributed by atoms with Crippen LogP contribution in [-0.2, 0) is 6.54 Å². The van der Waals surface area contributed by atoms with E-state index in [1.54, 1.807) is 4.90 Å². The van der Waals surface area contributed by atoms with E-state index in [0.29, 0.717) is 31.5 Å². The molecule has 0 atom stereocenters. The van der Waals surface area contributed by atoms with Crippen molar-refractivity contribution in [3.05, 3.63) is 39.2 Å². The molecule has 122 valence electrons. The first-order valence-corrected chi connectivity index (χ1v) is 7.14. The van der Waals surface area contributed by atoms with Gasteiger partial charge in [0.05, 0.1) is 10.5 Å². The molecule has 0 aliphatic carbocycles. The van der Waals surface area contributed by atoms with Crippen LogP contribution in [-0.4, -0.2) is 51.0 Å². The van der Waals surface area contributed by atoms with Gasteiger partial charge >= 0.3 is 11.8 Å². The van der Waals surface area contributed by atoms with Gasteiger partial charge in [-0.15, -0.1) is 0 Å². The third-order valence-corrected chi connectivity index (χ3v) is 4.38. The van der Waals surface area contributed by atoms with Crippen molar-refractivity contribution >= 4 is 17.7 Å². The van der Waals surface area contributed by atoms with Crippen molar-refractivity contribution in [1.29, 1.82) is 0 Å². The highest BCUT2D eigenvalue weighted by Gasteiger charge is 2.37. The van der Waals surface area contributed by atoms with Gasteiger partial charge in [0, 0.05) is 31.7 Å². The maximum Gasteiger partial charge on any atom is 0.407 e. The molecule has 0 aromatic heterocycles. The summed E-state index contributed by atoms with van der Waals surface area (Å²) in [6, 6.07) is 1.88. The molecule has 1 fully saturated rings. The molecule has 0 saturated carbocycles. The summed E-state index contributed by atoms with van der Waals surface area (Å²) >= 11 is 0. The van der Waals surface area contributed by atoms with Gasteiger partial charge in [-0.3, -0.25) is 14.9 Å². The van der Waals surface area contributed by atoms with Crippen molar-refractivity contribution in [1.82, 2.24) is 9.80 Å². The van der Waals surface area contributed by atoms with Gasteiger partial charge in [0.25, 0.3) is 5.91 Å². The number of carbonyl (C=O) groups is 2. The summed E-state index contributed by atoms with van der Waals surface area (Å²) in [4.78, 5) is 36.1. The van der Waals surface area contributed by atoms with Gasteiger partial charge in [0.1, 0.15) is 0 Å². The van der Waals surface area contributed by atoms with Crippen LogP contribution < -0.4 is 0 Å². The van der Waals surface area contributed by atoms with Crippen LogP contribution in [0.25, 0.3) is 0 Å². The van der Waals surface area contributed by atoms with E-state index in [1.807, 2.05) is 0 Å². The molecule has 1 aromatic carbocycles. The minimum atomic E-state index is -0.989. The summed E-state index contributed by atoms with van der Waals surface area (Å²) in [7, 11) is 0. The predicted octanol–water partition coefficient (Wildman–Crippen LogP) is 1.83. The molecule has 1 N–H and O–H groups in total. The average Bonchev–Trinajstić information content (AvgIpc) is 2.82. The number of nitro benzene ring substituents is 1. The van der Waals surface area contributed by atoms with Crippen molar-refractivity contribution < 1.29 is 24.0 Å². The molecule has 2 aliphatic rings. The number of benzene rings is 1. The van der Waals surface area contributed by atoms with Crippen LogP contribution in [0.5, 0.6) is 0 Å². The quantitative estimate of drug-likeness (QED) is 0.660. The standard InChI is InChI=1S/C14H14FN3O5/c15-11-5-8-7-17(9-1-3-16(4-2-9)14(20)21)13(19)10(8)6-12(11)18(22)23/h5-6,9H,1-4,7H2,(H,20,21). The van der Waals surface area contributed by atoms with Crippen molar-refractivity contribution in [2.45, 2.75) is 25.4 Å². The van der Waals surface area contributed by atoms with Crippen LogP contribution in [0.3, 0.4) is 0 Å². The summed E-state index contributed by atoms with van der Waals surface area (Å²) in [6.45, 7) is 0.851. The highest BCUT2D eigenvalue weighted by molar-refractivity contribution is 5.99. The number of amides is 2. The number of likely N-dealkylation sites (tertiary alicyclic amines) is 1. The van der Waals surface area contributed by atoms with Gasteiger partial charge in [-0.25, -0.2) is 4.79 Å². The van der Waals surface area contributed by atoms with E-state index in [1.165, 1.54) is 4.90 Å². The maximum absolute atomic E-state index is 13.7. The minimum absolute atomic E-state index is 0.146. The summed E-state index contributed by atoms with van der Waals surface area (Å²) in [5.74, 6) is -1.32. The van der Waals surface area contributed by atoms with E-state index < -0.39 is 22.5 Å². The normalized spacial score (nSPS) is 18.2. The van der Waals surface area contributed by atoms with Crippen molar-refractivity contribution in [3.63, 3.8) is 0 Å². The van der Waals surface area contributed by atoms with Crippen molar-refractivity contribution in [3.8, 4) is 0 Å². The molecule has 2 amide bonds. The summed E-state index contributed by atoms with van der Waals surface area (Å²) in [5.41, 5.74) is -0.128. The Morgan fingerprint density at radius 3 is 2.57 bits per heavy atom. The number of fused-ring (bicyclic) bond motifs is 1. The van der Waals surface area contributed by atoms with Crippen LogP contribution in [0.2, 0.25) is 0 Å². The van der Waals surface area contributed by atoms with Crippen molar-refractivity contribution in [2.24, 2.45) is 0 Å². The van der Waals surface area contributed by atoms with Gasteiger partial charge in [-0.05, 0) is 24.5 Å². The average molecular weight is 323 g/mol. The summed E-state index contributed by atoms with van der Waals surface area (Å²) in [6.07, 6.45) is 0.00454. The molecule has 0 bridgehead atoms. The molecule has 1 aromatic rings. The fourth-order valence-electron chi connectivity index (χ4n) is 3.15. The van der Waals surface area contributed by atoms with Gasteiger partial charge in [-0.2, -0.15) is 4.39 Å². The van der Waals surface area contributed by atoms with E-state index >= 15 is 0 Å². The molecule has 0 unspecified atom stereocenters. The van der Waals surface area contributed by atoms with E-state index in [2.05, 4.69) is 0 Å². The zero-order chi connectivity index (χ0) is 16.7. The van der Waals surface area contributed by atoms with Gasteiger partial charge < -0.3 is 14.9 Å². The molecule has 9 heteroatoms. The smallest absolute Gasteiger partial charge is 0.407 e. The van der Waals surface area contributed by atoms with Gasteiger partial charge in [-0.1, -0.05) is 0 Å². The highest BCUT2D eigenvalue weighted by Crippen LogP contribution is 2.32. The number of hydrogen-bond donors (Lipinski definition) is 1. The van der Waals surface area contributed by atoms with E-state index in [-0.39, 0.29) is 24.1 Å². The van der Waals surface area contributed by atoms with Crippen LogP contribution in [0.4, 0.5) is 14.9 Å². The maximum atomic E-state index is 13.7. The van der Waals surface area contributed by atoms with Crippen molar-refractivity contribution in [2.75, 3.05) is 13.1 Å². The number of carbonyl (C=O) groups excluding carboxylic acids is 1. The molecular weight excluding hydrogens is 309 g/mol. The molecular formula is C14H14FN3O5. The Kier molecular flexibility index (Phi) is 3.63. The zero-order valence-corrected chi connectivity index (χ0v) is 12.1. The summed E-state index contributed by atoms with van der Waals surface area (Å²) in [5, 5.41) is 19.7. The SMILES string of the molecule is O=C(O)N1CCC(N2Cc3cc(F)c([N+](=O)[O-])cc3C2=O)CC1. The third kappa shape index (κ3) is 2.58. The van der Waals surface area contributed by atoms with E-state index in [0.717, 1.165) is 12.1 Å². The van der Waals surface area contributed by atoms with Gasteiger partial charge in [0.15, 0.2) is 0 Å². The second-order valence-corrected chi connectivity index (χ2v) is 5.65. The number of rotatable bonds is 2. The highest BCUT2D eigenvalue weighted by atomic mass is 19.1. The Morgan fingerprint density at radius 2 is 2.00 bits per heavy atom. The first kappa shape index (κ1) is 15.2. The molecule has 1 saturated heterocycles. The molecule has 0 radical (unpaired) electrons. The Bertz CT molecular complexity index is 700. The first-order chi connectivity index (χ1) is 10.9. The topological polar surface area (TPSA) is 104 Å². The largest absolute Gasteiger partial charge is 0.465 e. The Hall–Kier alpha value is -2.71. The summed E-state index contributed by atoms with van der Waals surface area (Å²) < 4.78 is 13.7. The number of halogens is 1. The van der Waals surface area contributed by atoms with E-state index in [9.17, 15) is 24.1 Å². The Labute approximate surface area is 130 Å². The lowest BCUT2D eigenvalue weighted by molar-refractivity contribution is -0.387. The molecule has 3 rings (SSSR count). The predicted molar refractivity (Wildman–Crippen MR) is 75.5 cm³/mol. The fourth-order valence-corrected chi connectivity index (χ4v) is 3.15. The number of nitro groups is 1. The zero-order valence-electron chi connectivity index (χ0n) is 12.1. The number of piperidine rings is 1. The number of carboxylic acid groups (broad SMARTS) is 1. The number of hydrogen-bond acceptors (Lipinski definition) is 4. The fraction of sp³-hybridized carbons (Fsp3) is 0.429. The Morgan fingerprint density at radius 1 is 1.35 bits per heavy atom. The molecule has 0 spiro atoms. The van der Waals surface area contributed by atoms with Crippen LogP contribution in [0.15, 0.2) is 12.1 Å². The molecule has 2 heterocycles. The molecule has 23 heavy (non-hydrogen) atoms. The Balaban J connectivity index is 1.79. The van der Waals surface area contributed by atoms with Crippen LogP contribution >= 0.6 is 0 Å². The second-order valence-electron chi connectivity index (χ2n) is 5.65. The first-order valence-electron chi connectivity index (χ1n) is 7.14. The third-order valence-electron chi connectivity index (χ3n) is 4.38. The molecule has 2 aliphatic heterocycles. The molecule has 8 nitrogen and oxygen atoms in total.